The van der Waals surface area contributed by atoms with E-state index in [9.17, 15) is 4.79 Å². The molecule has 1 saturated carbocycles. The fraction of sp³-hybridized carbons (Fsp3) is 0.636. The van der Waals surface area contributed by atoms with E-state index in [4.69, 9.17) is 0 Å². The third-order valence-electron chi connectivity index (χ3n) is 2.60. The third-order valence-corrected chi connectivity index (χ3v) is 2.60. The lowest BCUT2D eigenvalue weighted by atomic mass is 10.3. The molecule has 2 N–H and O–H groups in total. The number of hydrogen-bond acceptors (Lipinski definition) is 3. The quantitative estimate of drug-likeness (QED) is 0.720. The molecule has 1 aliphatic rings. The van der Waals surface area contributed by atoms with Gasteiger partial charge in [-0.25, -0.2) is 4.98 Å². The second kappa shape index (κ2) is 5.12. The molecular formula is C11H18N4O. The number of imidazole rings is 1. The van der Waals surface area contributed by atoms with Gasteiger partial charge in [0.2, 0.25) is 5.91 Å². The first-order chi connectivity index (χ1) is 7.74. The van der Waals surface area contributed by atoms with Crippen LogP contribution < -0.4 is 10.6 Å². The standard InChI is InChI=1S/C11H18N4O/c1-9(7-15-5-4-12-8-15)13-6-11(16)14-10-2-3-10/h4-5,8-10,13H,2-3,6-7H2,1H3,(H,14,16). The highest BCUT2D eigenvalue weighted by Gasteiger charge is 2.22. The maximum atomic E-state index is 11.4. The molecule has 0 radical (unpaired) electrons. The van der Waals surface area contributed by atoms with Gasteiger partial charge in [0.25, 0.3) is 0 Å². The minimum Gasteiger partial charge on any atom is -0.352 e. The average Bonchev–Trinajstić information content (AvgIpc) is 2.91. The number of hydrogen-bond donors (Lipinski definition) is 2. The summed E-state index contributed by atoms with van der Waals surface area (Å²) in [5, 5.41) is 6.14. The zero-order chi connectivity index (χ0) is 11.4. The van der Waals surface area contributed by atoms with Crippen LogP contribution in [0.25, 0.3) is 0 Å². The molecule has 1 amide bonds. The molecule has 1 heterocycles. The highest BCUT2D eigenvalue weighted by atomic mass is 16.2. The molecular weight excluding hydrogens is 204 g/mol. The van der Waals surface area contributed by atoms with Gasteiger partial charge in [0.1, 0.15) is 0 Å². The van der Waals surface area contributed by atoms with E-state index in [-0.39, 0.29) is 11.9 Å². The summed E-state index contributed by atoms with van der Waals surface area (Å²) in [7, 11) is 0. The summed E-state index contributed by atoms with van der Waals surface area (Å²) in [6.07, 6.45) is 7.73. The summed E-state index contributed by atoms with van der Waals surface area (Å²) in [5.41, 5.74) is 0. The SMILES string of the molecule is CC(Cn1ccnc1)NCC(=O)NC1CC1. The first-order valence-corrected chi connectivity index (χ1v) is 5.72. The van der Waals surface area contributed by atoms with Crippen LogP contribution in [0.4, 0.5) is 0 Å². The lowest BCUT2D eigenvalue weighted by Gasteiger charge is -2.14. The van der Waals surface area contributed by atoms with Crippen molar-refractivity contribution >= 4 is 5.91 Å². The van der Waals surface area contributed by atoms with Crippen molar-refractivity contribution in [3.8, 4) is 0 Å². The van der Waals surface area contributed by atoms with Gasteiger partial charge >= 0.3 is 0 Å². The van der Waals surface area contributed by atoms with Crippen molar-refractivity contribution in [2.75, 3.05) is 6.54 Å². The molecule has 1 fully saturated rings. The smallest absolute Gasteiger partial charge is 0.234 e. The van der Waals surface area contributed by atoms with Crippen LogP contribution >= 0.6 is 0 Å². The third kappa shape index (κ3) is 3.66. The van der Waals surface area contributed by atoms with Crippen molar-refractivity contribution in [3.63, 3.8) is 0 Å². The normalized spacial score (nSPS) is 17.1. The summed E-state index contributed by atoms with van der Waals surface area (Å²) in [6, 6.07) is 0.706. The van der Waals surface area contributed by atoms with Gasteiger partial charge in [-0.3, -0.25) is 4.79 Å². The number of amides is 1. The van der Waals surface area contributed by atoms with E-state index in [1.54, 1.807) is 12.5 Å². The maximum Gasteiger partial charge on any atom is 0.234 e. The Labute approximate surface area is 95.2 Å². The molecule has 0 spiro atoms. The Kier molecular flexibility index (Phi) is 3.56. The van der Waals surface area contributed by atoms with Gasteiger partial charge in [0.05, 0.1) is 12.9 Å². The van der Waals surface area contributed by atoms with Crippen molar-refractivity contribution in [2.24, 2.45) is 0 Å². The molecule has 5 heteroatoms. The fourth-order valence-electron chi connectivity index (χ4n) is 1.55. The predicted octanol–water partition coefficient (Wildman–Crippen LogP) is 0.140. The van der Waals surface area contributed by atoms with E-state index >= 15 is 0 Å². The second-order valence-electron chi connectivity index (χ2n) is 4.38. The van der Waals surface area contributed by atoms with Crippen molar-refractivity contribution in [1.29, 1.82) is 0 Å². The minimum atomic E-state index is 0.0972. The van der Waals surface area contributed by atoms with Gasteiger partial charge in [-0.2, -0.15) is 0 Å². The largest absolute Gasteiger partial charge is 0.352 e. The monoisotopic (exact) mass is 222 g/mol. The van der Waals surface area contributed by atoms with E-state index in [1.165, 1.54) is 0 Å². The van der Waals surface area contributed by atoms with Gasteiger partial charge in [-0.15, -0.1) is 0 Å². The molecule has 0 saturated heterocycles. The summed E-state index contributed by atoms with van der Waals surface area (Å²) in [4.78, 5) is 15.4. The topological polar surface area (TPSA) is 59.0 Å². The van der Waals surface area contributed by atoms with Crippen LogP contribution in [-0.2, 0) is 11.3 Å². The molecule has 1 atom stereocenters. The first-order valence-electron chi connectivity index (χ1n) is 5.72. The Morgan fingerprint density at radius 2 is 2.44 bits per heavy atom. The van der Waals surface area contributed by atoms with E-state index in [2.05, 4.69) is 22.5 Å². The molecule has 1 unspecified atom stereocenters. The van der Waals surface area contributed by atoms with E-state index in [0.29, 0.717) is 12.6 Å². The number of nitrogens with zero attached hydrogens (tertiary/aromatic N) is 2. The highest BCUT2D eigenvalue weighted by molar-refractivity contribution is 5.78. The van der Waals surface area contributed by atoms with Gasteiger partial charge in [-0.05, 0) is 19.8 Å². The van der Waals surface area contributed by atoms with Crippen LogP contribution in [0.2, 0.25) is 0 Å². The van der Waals surface area contributed by atoms with Crippen LogP contribution in [0.5, 0.6) is 0 Å². The molecule has 0 aromatic carbocycles. The second-order valence-corrected chi connectivity index (χ2v) is 4.38. The Morgan fingerprint density at radius 3 is 3.06 bits per heavy atom. The van der Waals surface area contributed by atoms with Gasteiger partial charge in [-0.1, -0.05) is 0 Å². The Bertz CT molecular complexity index is 332. The Balaban J connectivity index is 1.62. The summed E-state index contributed by atoms with van der Waals surface area (Å²) in [6.45, 7) is 3.29. The minimum absolute atomic E-state index is 0.0972. The molecule has 1 aromatic rings. The van der Waals surface area contributed by atoms with Crippen LogP contribution in [0, 0.1) is 0 Å². The summed E-state index contributed by atoms with van der Waals surface area (Å²) in [5.74, 6) is 0.0972. The van der Waals surface area contributed by atoms with Crippen LogP contribution in [0.3, 0.4) is 0 Å². The summed E-state index contributed by atoms with van der Waals surface area (Å²) >= 11 is 0. The van der Waals surface area contributed by atoms with Gasteiger partial charge < -0.3 is 15.2 Å². The lowest BCUT2D eigenvalue weighted by Crippen LogP contribution is -2.40. The van der Waals surface area contributed by atoms with Crippen molar-refractivity contribution < 1.29 is 4.79 Å². The van der Waals surface area contributed by atoms with Crippen molar-refractivity contribution in [2.45, 2.75) is 38.4 Å². The molecule has 0 aliphatic heterocycles. The molecule has 1 aliphatic carbocycles. The van der Waals surface area contributed by atoms with Crippen LogP contribution in [-0.4, -0.2) is 34.1 Å². The van der Waals surface area contributed by atoms with Crippen LogP contribution in [0.1, 0.15) is 19.8 Å². The highest BCUT2D eigenvalue weighted by Crippen LogP contribution is 2.18. The number of aromatic nitrogens is 2. The molecule has 16 heavy (non-hydrogen) atoms. The number of carbonyl (C=O) groups excluding carboxylic acids is 1. The zero-order valence-electron chi connectivity index (χ0n) is 9.52. The molecule has 2 rings (SSSR count). The molecule has 88 valence electrons. The summed E-state index contributed by atoms with van der Waals surface area (Å²) < 4.78 is 2.00. The lowest BCUT2D eigenvalue weighted by molar-refractivity contribution is -0.120. The van der Waals surface area contributed by atoms with Crippen molar-refractivity contribution in [3.05, 3.63) is 18.7 Å². The molecule has 1 aromatic heterocycles. The van der Waals surface area contributed by atoms with E-state index < -0.39 is 0 Å². The van der Waals surface area contributed by atoms with Gasteiger partial charge in [0.15, 0.2) is 0 Å². The average molecular weight is 222 g/mol. The maximum absolute atomic E-state index is 11.4. The van der Waals surface area contributed by atoms with E-state index in [1.807, 2.05) is 10.8 Å². The Hall–Kier alpha value is -1.36. The van der Waals surface area contributed by atoms with Crippen LogP contribution in [0.15, 0.2) is 18.7 Å². The molecule has 5 nitrogen and oxygen atoms in total. The number of carbonyl (C=O) groups is 1. The predicted molar refractivity (Wildman–Crippen MR) is 60.9 cm³/mol. The first kappa shape index (κ1) is 11.1. The molecule has 0 bridgehead atoms. The fourth-order valence-corrected chi connectivity index (χ4v) is 1.55. The number of nitrogens with one attached hydrogen (secondary N) is 2. The van der Waals surface area contributed by atoms with E-state index in [0.717, 1.165) is 19.4 Å². The zero-order valence-corrected chi connectivity index (χ0v) is 9.52. The van der Waals surface area contributed by atoms with Crippen molar-refractivity contribution in [1.82, 2.24) is 20.2 Å². The number of rotatable bonds is 6. The Morgan fingerprint density at radius 1 is 1.62 bits per heavy atom. The van der Waals surface area contributed by atoms with Gasteiger partial charge in [0, 0.05) is 31.0 Å².